The molecule has 3 heterocycles. The second kappa shape index (κ2) is 10.6. The first kappa shape index (κ1) is 28.5. The maximum Gasteiger partial charge on any atom is 0.268 e. The van der Waals surface area contributed by atoms with Crippen LogP contribution in [0.1, 0.15) is 63.7 Å². The third kappa shape index (κ3) is 6.21. The van der Waals surface area contributed by atoms with E-state index >= 15 is 0 Å². The topological polar surface area (TPSA) is 106 Å². The van der Waals surface area contributed by atoms with Crippen molar-refractivity contribution in [2.24, 2.45) is 11.3 Å². The number of carbonyl (C=O) groups excluding carboxylic acids is 1. The fourth-order valence-electron chi connectivity index (χ4n) is 5.12. The first-order chi connectivity index (χ1) is 18.0. The van der Waals surface area contributed by atoms with E-state index in [1.807, 2.05) is 0 Å². The monoisotopic (exact) mass is 552 g/mol. The number of hydrogen-bond acceptors (Lipinski definition) is 7. The van der Waals surface area contributed by atoms with Crippen LogP contribution in [0.3, 0.4) is 0 Å². The highest BCUT2D eigenvalue weighted by atomic mass is 32.2. The van der Waals surface area contributed by atoms with Gasteiger partial charge < -0.3 is 9.64 Å². The molecule has 2 fully saturated rings. The smallest absolute Gasteiger partial charge is 0.268 e. The van der Waals surface area contributed by atoms with Gasteiger partial charge in [-0.1, -0.05) is 32.0 Å². The van der Waals surface area contributed by atoms with Crippen molar-refractivity contribution in [3.05, 3.63) is 67.7 Å². The minimum absolute atomic E-state index is 0. The highest BCUT2D eigenvalue weighted by Gasteiger charge is 2.39. The van der Waals surface area contributed by atoms with E-state index in [1.54, 1.807) is 47.3 Å². The molecule has 9 nitrogen and oxygen atoms in total. The molecule has 1 aromatic carbocycles. The predicted octanol–water partition coefficient (Wildman–Crippen LogP) is 5.03. The van der Waals surface area contributed by atoms with Crippen molar-refractivity contribution < 1.29 is 17.9 Å². The van der Waals surface area contributed by atoms with Gasteiger partial charge in [0.15, 0.2) is 5.82 Å². The quantitative estimate of drug-likeness (QED) is 0.371. The molecule has 3 aromatic rings. The summed E-state index contributed by atoms with van der Waals surface area (Å²) in [5.41, 5.74) is 0.329. The molecule has 10 heteroatoms. The number of anilines is 1. The van der Waals surface area contributed by atoms with Crippen LogP contribution in [-0.2, 0) is 10.0 Å². The van der Waals surface area contributed by atoms with Gasteiger partial charge in [-0.15, -0.1) is 5.10 Å². The Labute approximate surface area is 231 Å². The Morgan fingerprint density at radius 3 is 2.46 bits per heavy atom. The second-order valence-corrected chi connectivity index (χ2v) is 13.2. The molecule has 1 aliphatic heterocycles. The Morgan fingerprint density at radius 1 is 1.10 bits per heavy atom. The van der Waals surface area contributed by atoms with Crippen LogP contribution < -0.4 is 14.4 Å². The second-order valence-electron chi connectivity index (χ2n) is 11.5. The van der Waals surface area contributed by atoms with Gasteiger partial charge in [0.25, 0.3) is 15.9 Å². The van der Waals surface area contributed by atoms with E-state index in [9.17, 15) is 13.2 Å². The van der Waals surface area contributed by atoms with Crippen LogP contribution in [0.4, 0.5) is 5.82 Å². The zero-order chi connectivity index (χ0) is 27.1. The number of pyridine rings is 1. The number of ether oxygens (including phenoxy) is 1. The Morgan fingerprint density at radius 2 is 1.82 bits per heavy atom. The number of carbonyl (C=O) groups is 1. The molecule has 0 bridgehead atoms. The van der Waals surface area contributed by atoms with E-state index in [2.05, 4.69) is 42.4 Å². The summed E-state index contributed by atoms with van der Waals surface area (Å²) >= 11 is 0. The van der Waals surface area contributed by atoms with Crippen molar-refractivity contribution >= 4 is 21.7 Å². The Balaban J connectivity index is 0.00000353. The van der Waals surface area contributed by atoms with Crippen molar-refractivity contribution in [3.8, 4) is 11.7 Å². The molecule has 1 saturated carbocycles. The summed E-state index contributed by atoms with van der Waals surface area (Å²) in [7, 11) is -4.04. The van der Waals surface area contributed by atoms with Crippen LogP contribution in [0, 0.1) is 18.8 Å². The van der Waals surface area contributed by atoms with Crippen molar-refractivity contribution in [2.45, 2.75) is 63.8 Å². The molecule has 208 valence electrons. The molecule has 1 aliphatic carbocycles. The van der Waals surface area contributed by atoms with E-state index in [0.717, 1.165) is 12.8 Å². The first-order valence-electron chi connectivity index (χ1n) is 13.1. The fraction of sp³-hybridized carbons (Fsp3) is 0.448. The van der Waals surface area contributed by atoms with E-state index in [1.165, 1.54) is 25.0 Å². The third-order valence-corrected chi connectivity index (χ3v) is 8.92. The van der Waals surface area contributed by atoms with Gasteiger partial charge in [-0.3, -0.25) is 4.79 Å². The van der Waals surface area contributed by atoms with E-state index < -0.39 is 15.9 Å². The zero-order valence-electron chi connectivity index (χ0n) is 23.3. The molecule has 0 spiro atoms. The van der Waals surface area contributed by atoms with Crippen molar-refractivity contribution in [3.63, 3.8) is 0 Å². The van der Waals surface area contributed by atoms with Gasteiger partial charge in [0, 0.05) is 31.8 Å². The third-order valence-electron chi connectivity index (χ3n) is 7.57. The number of aromatic nitrogens is 3. The summed E-state index contributed by atoms with van der Waals surface area (Å²) in [6.45, 7) is 9.94. The average Bonchev–Trinajstić information content (AvgIpc) is 3.29. The summed E-state index contributed by atoms with van der Waals surface area (Å²) < 4.78 is 35.5. The summed E-state index contributed by atoms with van der Waals surface area (Å²) in [5.74, 6) is 1.12. The Kier molecular flexibility index (Phi) is 7.71. The molecule has 0 unspecified atom stereocenters. The van der Waals surface area contributed by atoms with Gasteiger partial charge in [0.1, 0.15) is 5.82 Å². The maximum absolute atomic E-state index is 13.4. The van der Waals surface area contributed by atoms with Crippen molar-refractivity contribution in [1.29, 1.82) is 0 Å². The van der Waals surface area contributed by atoms with Crippen molar-refractivity contribution in [2.75, 3.05) is 18.1 Å². The van der Waals surface area contributed by atoms with Gasteiger partial charge in [0.05, 0.1) is 17.1 Å². The lowest BCUT2D eigenvalue weighted by atomic mass is 9.97. The summed E-state index contributed by atoms with van der Waals surface area (Å²) in [5, 5.41) is 4.53. The maximum atomic E-state index is 13.4. The van der Waals surface area contributed by atoms with Crippen LogP contribution >= 0.6 is 0 Å². The predicted molar refractivity (Wildman–Crippen MR) is 152 cm³/mol. The van der Waals surface area contributed by atoms with E-state index in [-0.39, 0.29) is 23.4 Å². The largest absolute Gasteiger partial charge is 0.477 e. The molecular formula is C29H38N5O4S+. The van der Waals surface area contributed by atoms with Crippen LogP contribution in [0.2, 0.25) is 0 Å². The van der Waals surface area contributed by atoms with Crippen molar-refractivity contribution in [1.82, 2.24) is 19.5 Å². The molecule has 1 amide bonds. The molecule has 5 rings (SSSR count). The molecule has 39 heavy (non-hydrogen) atoms. The molecule has 2 aliphatic rings. The van der Waals surface area contributed by atoms with Crippen LogP contribution in [-0.4, -0.2) is 47.8 Å². The van der Waals surface area contributed by atoms with Gasteiger partial charge in [0.2, 0.25) is 5.88 Å². The number of benzene rings is 1. The molecule has 1 saturated heterocycles. The highest BCUT2D eigenvalue weighted by molar-refractivity contribution is 7.90. The number of nitrogens with one attached hydrogen (secondary N) is 1. The lowest BCUT2D eigenvalue weighted by Crippen LogP contribution is -2.41. The normalized spacial score (nSPS) is 19.3. The highest BCUT2D eigenvalue weighted by Crippen LogP contribution is 2.48. The summed E-state index contributed by atoms with van der Waals surface area (Å²) in [6.07, 6.45) is 6.18. The van der Waals surface area contributed by atoms with Gasteiger partial charge in [-0.25, -0.2) is 22.8 Å². The number of nitrogens with zero attached hydrogens (tertiary/aromatic N) is 4. The standard InChI is InChI=1S/C28H35N5O4S.CH3/c1-20-18-27(2,3)32(19-20)25-22(26(34)31-38(35,36)21-8-6-5-7-9-21)10-11-23(29-25)33-16-12-24(30-33)37-17-15-28(4)13-14-28;/h5-12,16,20H,13-15,17-19H2,1-4H3,(H,31,34);1H3/q;+1/t20-;/m0./s1. The molecule has 1 N–H and O–H groups in total. The number of rotatable bonds is 9. The zero-order valence-corrected chi connectivity index (χ0v) is 24.2. The molecule has 0 radical (unpaired) electrons. The first-order valence-corrected chi connectivity index (χ1v) is 14.5. The average molecular weight is 553 g/mol. The number of amides is 1. The van der Waals surface area contributed by atoms with Gasteiger partial charge >= 0.3 is 0 Å². The van der Waals surface area contributed by atoms with E-state index in [0.29, 0.717) is 42.0 Å². The minimum Gasteiger partial charge on any atom is -0.477 e. The summed E-state index contributed by atoms with van der Waals surface area (Å²) in [4.78, 5) is 20.3. The van der Waals surface area contributed by atoms with Gasteiger partial charge in [-0.2, -0.15) is 0 Å². The fourth-order valence-corrected chi connectivity index (χ4v) is 6.11. The molecule has 1 atom stereocenters. The van der Waals surface area contributed by atoms with Crippen LogP contribution in [0.25, 0.3) is 5.82 Å². The molecular weight excluding hydrogens is 514 g/mol. The summed E-state index contributed by atoms with van der Waals surface area (Å²) in [6, 6.07) is 12.9. The lowest BCUT2D eigenvalue weighted by molar-refractivity contribution is 0.0981. The Hall–Kier alpha value is -3.53. The lowest BCUT2D eigenvalue weighted by Gasteiger charge is -2.34. The number of sulfonamides is 1. The minimum atomic E-state index is -4.04. The SMILES string of the molecule is C[C@@H]1CN(c2nc(-n3ccc(OCCC4(C)CC4)n3)ccc2C(=O)NS(=O)(=O)c2ccccc2)C(C)(C)C1.[CH3+]. The van der Waals surface area contributed by atoms with Crippen LogP contribution in [0.5, 0.6) is 5.88 Å². The number of hydrogen-bond donors (Lipinski definition) is 1. The molecule has 2 aromatic heterocycles. The van der Waals surface area contributed by atoms with E-state index in [4.69, 9.17) is 9.72 Å². The van der Waals surface area contributed by atoms with Crippen LogP contribution in [0.15, 0.2) is 59.6 Å². The van der Waals surface area contributed by atoms with Gasteiger partial charge in [-0.05, 0) is 75.1 Å². The Bertz CT molecular complexity index is 1430.